The molecule has 2 atom stereocenters. The van der Waals surface area contributed by atoms with E-state index in [4.69, 9.17) is 17.0 Å². The van der Waals surface area contributed by atoms with Crippen LogP contribution in [0.4, 0.5) is 0 Å². The number of benzene rings is 1. The van der Waals surface area contributed by atoms with E-state index in [-0.39, 0.29) is 18.1 Å². The summed E-state index contributed by atoms with van der Waals surface area (Å²) in [5, 5.41) is 4.24. The summed E-state index contributed by atoms with van der Waals surface area (Å²) in [6, 6.07) is 15.6. The zero-order valence-corrected chi connectivity index (χ0v) is 21.1. The van der Waals surface area contributed by atoms with E-state index in [0.717, 1.165) is 46.5 Å². The standard InChI is InChI=1S/C26H31N5O2S/c1-17-16-20(18(2)31(17)22-12-7-6-10-19(22)25(32)33-5)24-23(21-11-8-9-13-27-21)28-26(34)30(24)15-14-29(3)4/h6-13,16,23-24H,14-15H2,1-5H3,(H,28,34)/t23-,24-/m1/s1. The van der Waals surface area contributed by atoms with Crippen molar-refractivity contribution >= 4 is 23.3 Å². The second kappa shape index (κ2) is 9.95. The number of carbonyl (C=O) groups is 1. The Morgan fingerprint density at radius 3 is 2.59 bits per heavy atom. The highest BCUT2D eigenvalue weighted by Gasteiger charge is 2.41. The molecule has 0 saturated carbocycles. The molecule has 0 spiro atoms. The maximum atomic E-state index is 12.5. The first-order chi connectivity index (χ1) is 16.3. The van der Waals surface area contributed by atoms with Gasteiger partial charge in [0, 0.05) is 30.7 Å². The molecule has 0 radical (unpaired) electrons. The number of nitrogens with zero attached hydrogens (tertiary/aromatic N) is 4. The molecule has 1 saturated heterocycles. The Kier molecular flexibility index (Phi) is 7.00. The van der Waals surface area contributed by atoms with Crippen molar-refractivity contribution < 1.29 is 9.53 Å². The molecule has 34 heavy (non-hydrogen) atoms. The van der Waals surface area contributed by atoms with Crippen LogP contribution in [0.3, 0.4) is 0 Å². The molecule has 2 aromatic heterocycles. The smallest absolute Gasteiger partial charge is 0.339 e. The first kappa shape index (κ1) is 23.9. The van der Waals surface area contributed by atoms with Gasteiger partial charge < -0.3 is 24.4 Å². The van der Waals surface area contributed by atoms with Crippen LogP contribution in [0, 0.1) is 13.8 Å². The van der Waals surface area contributed by atoms with Crippen molar-refractivity contribution in [3.05, 3.63) is 82.9 Å². The fourth-order valence-electron chi connectivity index (χ4n) is 4.70. The second-order valence-electron chi connectivity index (χ2n) is 8.79. The lowest BCUT2D eigenvalue weighted by Crippen LogP contribution is -2.35. The minimum atomic E-state index is -0.354. The highest BCUT2D eigenvalue weighted by atomic mass is 32.1. The number of likely N-dealkylation sites (N-methyl/N-ethyl adjacent to an activating group) is 1. The Hall–Kier alpha value is -3.23. The van der Waals surface area contributed by atoms with Crippen molar-refractivity contribution in [2.75, 3.05) is 34.3 Å². The predicted octanol–water partition coefficient (Wildman–Crippen LogP) is 3.81. The number of para-hydroxylation sites is 1. The number of hydrogen-bond donors (Lipinski definition) is 1. The van der Waals surface area contributed by atoms with Crippen molar-refractivity contribution in [1.29, 1.82) is 0 Å². The van der Waals surface area contributed by atoms with E-state index in [2.05, 4.69) is 58.7 Å². The van der Waals surface area contributed by atoms with Crippen LogP contribution >= 0.6 is 12.2 Å². The number of pyridine rings is 1. The molecule has 4 rings (SSSR count). The molecule has 178 valence electrons. The van der Waals surface area contributed by atoms with Gasteiger partial charge in [0.15, 0.2) is 5.11 Å². The lowest BCUT2D eigenvalue weighted by atomic mass is 9.96. The van der Waals surface area contributed by atoms with Gasteiger partial charge in [-0.05, 0) is 76.1 Å². The molecule has 1 aromatic carbocycles. The van der Waals surface area contributed by atoms with Crippen molar-refractivity contribution in [2.45, 2.75) is 25.9 Å². The van der Waals surface area contributed by atoms with Crippen LogP contribution in [0.1, 0.15) is 45.1 Å². The van der Waals surface area contributed by atoms with Crippen LogP contribution in [-0.2, 0) is 4.74 Å². The third-order valence-corrected chi connectivity index (χ3v) is 6.68. The molecule has 3 heterocycles. The van der Waals surface area contributed by atoms with E-state index >= 15 is 0 Å². The number of ether oxygens (including phenoxy) is 1. The normalized spacial score (nSPS) is 17.8. The molecule has 8 heteroatoms. The summed E-state index contributed by atoms with van der Waals surface area (Å²) in [5.74, 6) is -0.354. The predicted molar refractivity (Wildman–Crippen MR) is 137 cm³/mol. The summed E-state index contributed by atoms with van der Waals surface area (Å²) in [6.45, 7) is 5.81. The van der Waals surface area contributed by atoms with Gasteiger partial charge in [-0.25, -0.2) is 4.79 Å². The first-order valence-electron chi connectivity index (χ1n) is 11.3. The molecule has 7 nitrogen and oxygen atoms in total. The van der Waals surface area contributed by atoms with Gasteiger partial charge in [-0.3, -0.25) is 4.98 Å². The summed E-state index contributed by atoms with van der Waals surface area (Å²) >= 11 is 5.79. The largest absolute Gasteiger partial charge is 0.465 e. The van der Waals surface area contributed by atoms with Crippen LogP contribution in [0.2, 0.25) is 0 Å². The number of aromatic nitrogens is 2. The molecule has 0 amide bonds. The summed E-state index contributed by atoms with van der Waals surface area (Å²) in [6.07, 6.45) is 1.81. The number of carbonyl (C=O) groups excluding carboxylic acids is 1. The second-order valence-corrected chi connectivity index (χ2v) is 9.18. The van der Waals surface area contributed by atoms with Gasteiger partial charge in [-0.15, -0.1) is 0 Å². The number of rotatable bonds is 7. The van der Waals surface area contributed by atoms with E-state index in [0.29, 0.717) is 5.56 Å². The van der Waals surface area contributed by atoms with Crippen LogP contribution in [-0.4, -0.2) is 64.7 Å². The first-order valence-corrected chi connectivity index (χ1v) is 11.7. The monoisotopic (exact) mass is 477 g/mol. The average molecular weight is 478 g/mol. The van der Waals surface area contributed by atoms with Crippen LogP contribution in [0.25, 0.3) is 5.69 Å². The van der Waals surface area contributed by atoms with E-state index in [1.807, 2.05) is 42.6 Å². The highest BCUT2D eigenvalue weighted by Crippen LogP contribution is 2.41. The Morgan fingerprint density at radius 2 is 1.91 bits per heavy atom. The zero-order chi connectivity index (χ0) is 24.4. The number of esters is 1. The molecule has 1 aliphatic heterocycles. The number of methoxy groups -OCH3 is 1. The zero-order valence-electron chi connectivity index (χ0n) is 20.3. The Balaban J connectivity index is 1.84. The molecule has 1 N–H and O–H groups in total. The van der Waals surface area contributed by atoms with Crippen molar-refractivity contribution in [1.82, 2.24) is 24.7 Å². The maximum Gasteiger partial charge on any atom is 0.339 e. The fourth-order valence-corrected chi connectivity index (χ4v) is 5.03. The molecule has 0 unspecified atom stereocenters. The van der Waals surface area contributed by atoms with Gasteiger partial charge in [-0.2, -0.15) is 0 Å². The van der Waals surface area contributed by atoms with Gasteiger partial charge in [0.25, 0.3) is 0 Å². The number of thiocarbonyl (C=S) groups is 1. The summed E-state index contributed by atoms with van der Waals surface area (Å²) in [4.78, 5) is 21.5. The van der Waals surface area contributed by atoms with Crippen LogP contribution in [0.5, 0.6) is 0 Å². The maximum absolute atomic E-state index is 12.5. The van der Waals surface area contributed by atoms with Crippen molar-refractivity contribution in [3.8, 4) is 5.69 Å². The van der Waals surface area contributed by atoms with E-state index < -0.39 is 0 Å². The summed E-state index contributed by atoms with van der Waals surface area (Å²) in [7, 11) is 5.53. The van der Waals surface area contributed by atoms with Gasteiger partial charge >= 0.3 is 5.97 Å². The Bertz CT molecular complexity index is 1190. The van der Waals surface area contributed by atoms with E-state index in [9.17, 15) is 4.79 Å². The minimum absolute atomic E-state index is 0.0346. The topological polar surface area (TPSA) is 62.6 Å². The molecule has 0 bridgehead atoms. The highest BCUT2D eigenvalue weighted by molar-refractivity contribution is 7.80. The third-order valence-electron chi connectivity index (χ3n) is 6.33. The number of hydrogen-bond acceptors (Lipinski definition) is 5. The van der Waals surface area contributed by atoms with E-state index in [1.54, 1.807) is 6.07 Å². The Labute approximate surface area is 206 Å². The number of nitrogens with one attached hydrogen (secondary N) is 1. The summed E-state index contributed by atoms with van der Waals surface area (Å²) < 4.78 is 7.17. The van der Waals surface area contributed by atoms with Crippen LogP contribution < -0.4 is 5.32 Å². The molecule has 0 aliphatic carbocycles. The minimum Gasteiger partial charge on any atom is -0.465 e. The Morgan fingerprint density at radius 1 is 1.18 bits per heavy atom. The average Bonchev–Trinajstić information content (AvgIpc) is 3.32. The quantitative estimate of drug-likeness (QED) is 0.410. The van der Waals surface area contributed by atoms with Gasteiger partial charge in [0.1, 0.15) is 0 Å². The molecular weight excluding hydrogens is 446 g/mol. The summed E-state index contributed by atoms with van der Waals surface area (Å²) in [5.41, 5.74) is 5.53. The fraction of sp³-hybridized carbons (Fsp3) is 0.346. The lowest BCUT2D eigenvalue weighted by Gasteiger charge is -2.29. The van der Waals surface area contributed by atoms with E-state index in [1.165, 1.54) is 7.11 Å². The molecular formula is C26H31N5O2S. The van der Waals surface area contributed by atoms with Crippen molar-refractivity contribution in [2.24, 2.45) is 0 Å². The lowest BCUT2D eigenvalue weighted by molar-refractivity contribution is 0.0600. The number of aryl methyl sites for hydroxylation is 1. The van der Waals surface area contributed by atoms with Gasteiger partial charge in [0.05, 0.1) is 36.1 Å². The van der Waals surface area contributed by atoms with Gasteiger partial charge in [-0.1, -0.05) is 18.2 Å². The molecule has 1 aliphatic rings. The molecule has 1 fully saturated rings. The van der Waals surface area contributed by atoms with Gasteiger partial charge in [0.2, 0.25) is 0 Å². The SMILES string of the molecule is COC(=O)c1ccccc1-n1c(C)cc([C@@H]2[C@@H](c3ccccn3)NC(=S)N2CCN(C)C)c1C. The molecule has 3 aromatic rings. The van der Waals surface area contributed by atoms with Crippen molar-refractivity contribution in [3.63, 3.8) is 0 Å². The third kappa shape index (κ3) is 4.43. The van der Waals surface area contributed by atoms with Crippen LogP contribution in [0.15, 0.2) is 54.7 Å².